The van der Waals surface area contributed by atoms with Crippen LogP contribution in [0.1, 0.15) is 24.8 Å². The number of fused-ring (bicyclic) bond motifs is 1. The topological polar surface area (TPSA) is 79.8 Å². The number of aliphatic hydroxyl groups excluding tert-OH is 1. The Morgan fingerprint density at radius 1 is 1.05 bits per heavy atom. The van der Waals surface area contributed by atoms with Crippen molar-refractivity contribution in [3.8, 4) is 16.9 Å². The highest BCUT2D eigenvalue weighted by molar-refractivity contribution is 7.99. The van der Waals surface area contributed by atoms with Gasteiger partial charge in [-0.3, -0.25) is 4.79 Å². The maximum Gasteiger partial charge on any atom is 0.416 e. The van der Waals surface area contributed by atoms with Crippen LogP contribution in [0.3, 0.4) is 0 Å². The number of nitrogens with zero attached hydrogens (tertiary/aromatic N) is 2. The number of pyridine rings is 1. The van der Waals surface area contributed by atoms with Gasteiger partial charge in [0.1, 0.15) is 5.75 Å². The van der Waals surface area contributed by atoms with E-state index in [2.05, 4.69) is 14.8 Å². The lowest BCUT2D eigenvalue weighted by atomic mass is 9.98. The molecule has 3 rings (SSSR count). The number of nitrogens with one attached hydrogen (secondary N) is 1. The van der Waals surface area contributed by atoms with Crippen LogP contribution in [0.2, 0.25) is 5.02 Å². The van der Waals surface area contributed by atoms with E-state index in [1.54, 1.807) is 0 Å². The van der Waals surface area contributed by atoms with E-state index in [0.717, 1.165) is 56.4 Å². The number of alkyl halides is 3. The highest BCUT2D eigenvalue weighted by Gasteiger charge is 2.31. The van der Waals surface area contributed by atoms with Gasteiger partial charge in [-0.1, -0.05) is 11.6 Å². The van der Waals surface area contributed by atoms with Gasteiger partial charge < -0.3 is 25.0 Å². The Hall–Kier alpha value is -2.24. The van der Waals surface area contributed by atoms with E-state index in [4.69, 9.17) is 11.6 Å². The molecule has 6 nitrogen and oxygen atoms in total. The van der Waals surface area contributed by atoms with Crippen LogP contribution in [0.4, 0.5) is 13.2 Å². The lowest BCUT2D eigenvalue weighted by Crippen LogP contribution is -2.25. The van der Waals surface area contributed by atoms with Crippen molar-refractivity contribution in [3.05, 3.63) is 57.3 Å². The molecule has 0 spiro atoms. The van der Waals surface area contributed by atoms with E-state index >= 15 is 0 Å². The quantitative estimate of drug-likeness (QED) is 0.242. The number of hydrogen-bond donors (Lipinski definition) is 3. The van der Waals surface area contributed by atoms with Crippen molar-refractivity contribution in [1.29, 1.82) is 0 Å². The summed E-state index contributed by atoms with van der Waals surface area (Å²) in [5.41, 5.74) is -0.925. The second-order valence-electron chi connectivity index (χ2n) is 9.65. The van der Waals surface area contributed by atoms with Gasteiger partial charge in [0.15, 0.2) is 0 Å². The van der Waals surface area contributed by atoms with E-state index in [1.807, 2.05) is 21.1 Å². The molecule has 38 heavy (non-hydrogen) atoms. The average molecular weight is 572 g/mol. The van der Waals surface area contributed by atoms with Gasteiger partial charge in [-0.2, -0.15) is 13.2 Å². The number of rotatable bonds is 12. The molecule has 0 radical (unpaired) electrons. The SMILES string of the molecule is CN(C)CCCN(C)CCCC(O)CSc1c(-c2cc(Cl)ccc2O)c2cc(C(F)(F)F)ccc2[nH]c1=O. The smallest absolute Gasteiger partial charge is 0.416 e. The number of aromatic amines is 1. The summed E-state index contributed by atoms with van der Waals surface area (Å²) in [6.45, 7) is 2.76. The molecular formula is C27H33ClF3N3O3S. The first kappa shape index (κ1) is 30.3. The van der Waals surface area contributed by atoms with Crippen LogP contribution in [-0.2, 0) is 6.18 Å². The number of benzene rings is 2. The maximum atomic E-state index is 13.5. The summed E-state index contributed by atoms with van der Waals surface area (Å²) >= 11 is 7.19. The van der Waals surface area contributed by atoms with Crippen LogP contribution in [0, 0.1) is 0 Å². The number of H-pyrrole nitrogens is 1. The molecule has 0 bridgehead atoms. The zero-order valence-electron chi connectivity index (χ0n) is 21.6. The summed E-state index contributed by atoms with van der Waals surface area (Å²) < 4.78 is 40.6. The third kappa shape index (κ3) is 8.13. The molecule has 208 valence electrons. The molecule has 2 aromatic carbocycles. The largest absolute Gasteiger partial charge is 0.507 e. The number of aromatic hydroxyl groups is 1. The second-order valence-corrected chi connectivity index (χ2v) is 11.1. The van der Waals surface area contributed by atoms with Gasteiger partial charge in [0, 0.05) is 32.8 Å². The fraction of sp³-hybridized carbons (Fsp3) is 0.444. The van der Waals surface area contributed by atoms with Gasteiger partial charge >= 0.3 is 6.18 Å². The molecular weight excluding hydrogens is 539 g/mol. The summed E-state index contributed by atoms with van der Waals surface area (Å²) in [4.78, 5) is 20.1. The summed E-state index contributed by atoms with van der Waals surface area (Å²) in [5, 5.41) is 21.6. The molecule has 11 heteroatoms. The monoisotopic (exact) mass is 571 g/mol. The van der Waals surface area contributed by atoms with Crippen LogP contribution in [0.25, 0.3) is 22.0 Å². The molecule has 0 saturated carbocycles. The fourth-order valence-corrected chi connectivity index (χ4v) is 5.44. The zero-order chi connectivity index (χ0) is 28.0. The Kier molecular flexibility index (Phi) is 10.5. The van der Waals surface area contributed by atoms with Crippen LogP contribution in [0.15, 0.2) is 46.1 Å². The summed E-state index contributed by atoms with van der Waals surface area (Å²) in [6, 6.07) is 7.24. The third-order valence-electron chi connectivity index (χ3n) is 6.17. The van der Waals surface area contributed by atoms with Crippen LogP contribution in [-0.4, -0.2) is 77.6 Å². The van der Waals surface area contributed by atoms with Crippen LogP contribution >= 0.6 is 23.4 Å². The third-order valence-corrected chi connectivity index (χ3v) is 7.63. The van der Waals surface area contributed by atoms with Crippen molar-refractivity contribution in [3.63, 3.8) is 0 Å². The Morgan fingerprint density at radius 2 is 1.76 bits per heavy atom. The van der Waals surface area contributed by atoms with Gasteiger partial charge in [-0.25, -0.2) is 0 Å². The molecule has 0 aliphatic rings. The number of aromatic nitrogens is 1. The molecule has 3 aromatic rings. The van der Waals surface area contributed by atoms with Gasteiger partial charge in [-0.05, 0) is 96.4 Å². The summed E-state index contributed by atoms with van der Waals surface area (Å²) in [6.07, 6.45) is -3.02. The lowest BCUT2D eigenvalue weighted by molar-refractivity contribution is -0.137. The van der Waals surface area contributed by atoms with Crippen molar-refractivity contribution in [2.24, 2.45) is 0 Å². The van der Waals surface area contributed by atoms with Gasteiger partial charge in [0.2, 0.25) is 0 Å². The van der Waals surface area contributed by atoms with E-state index < -0.39 is 23.4 Å². The number of phenolic OH excluding ortho intramolecular Hbond substituents is 1. The average Bonchev–Trinajstić information content (AvgIpc) is 2.83. The number of phenols is 1. The van der Waals surface area contributed by atoms with E-state index in [1.165, 1.54) is 24.3 Å². The van der Waals surface area contributed by atoms with E-state index in [0.29, 0.717) is 6.42 Å². The molecule has 1 atom stereocenters. The zero-order valence-corrected chi connectivity index (χ0v) is 23.2. The maximum absolute atomic E-state index is 13.5. The molecule has 1 heterocycles. The molecule has 0 aliphatic carbocycles. The summed E-state index contributed by atoms with van der Waals surface area (Å²) in [7, 11) is 6.09. The Balaban J connectivity index is 1.85. The first-order valence-corrected chi connectivity index (χ1v) is 13.6. The van der Waals surface area contributed by atoms with Crippen molar-refractivity contribution >= 4 is 34.3 Å². The minimum atomic E-state index is -4.60. The minimum Gasteiger partial charge on any atom is -0.507 e. The van der Waals surface area contributed by atoms with Crippen LogP contribution < -0.4 is 5.56 Å². The van der Waals surface area contributed by atoms with E-state index in [9.17, 15) is 28.2 Å². The Morgan fingerprint density at radius 3 is 2.45 bits per heavy atom. The number of thioether (sulfide) groups is 1. The normalized spacial score (nSPS) is 13.1. The predicted molar refractivity (Wildman–Crippen MR) is 148 cm³/mol. The predicted octanol–water partition coefficient (Wildman–Crippen LogP) is 5.69. The standard InChI is InChI=1S/C27H33ClF3N3O3S/c1-33(2)11-5-13-34(3)12-4-6-19(35)16-38-25-24(21-15-18(28)8-10-23(21)36)20-14-17(27(29,30)31)7-9-22(20)32-26(25)37/h7-10,14-15,19,35-36H,4-6,11-13,16H2,1-3H3,(H,32,37). The number of hydrogen-bond acceptors (Lipinski definition) is 6. The molecule has 1 unspecified atom stereocenters. The van der Waals surface area contributed by atoms with E-state index in [-0.39, 0.29) is 43.5 Å². The fourth-order valence-electron chi connectivity index (χ4n) is 4.19. The summed E-state index contributed by atoms with van der Waals surface area (Å²) in [5.74, 6) is -0.0647. The molecule has 3 N–H and O–H groups in total. The Labute approximate surface area is 229 Å². The van der Waals surface area contributed by atoms with Gasteiger partial charge in [0.25, 0.3) is 5.56 Å². The van der Waals surface area contributed by atoms with Crippen molar-refractivity contribution < 1.29 is 23.4 Å². The molecule has 0 aliphatic heterocycles. The lowest BCUT2D eigenvalue weighted by Gasteiger charge is -2.19. The number of aliphatic hydroxyl groups is 1. The molecule has 0 amide bonds. The van der Waals surface area contributed by atoms with Crippen molar-refractivity contribution in [2.75, 3.05) is 46.5 Å². The Bertz CT molecular complexity index is 1300. The van der Waals surface area contributed by atoms with Crippen molar-refractivity contribution in [2.45, 2.75) is 36.4 Å². The number of halogens is 4. The first-order valence-electron chi connectivity index (χ1n) is 12.3. The minimum absolute atomic E-state index is 0.106. The van der Waals surface area contributed by atoms with Crippen LogP contribution in [0.5, 0.6) is 5.75 Å². The second kappa shape index (κ2) is 13.2. The molecule has 0 fully saturated rings. The van der Waals surface area contributed by atoms with Gasteiger partial charge in [-0.15, -0.1) is 11.8 Å². The highest BCUT2D eigenvalue weighted by atomic mass is 35.5. The first-order chi connectivity index (χ1) is 17.9. The molecule has 0 saturated heterocycles. The highest BCUT2D eigenvalue weighted by Crippen LogP contribution is 2.42. The van der Waals surface area contributed by atoms with Crippen molar-refractivity contribution in [1.82, 2.24) is 14.8 Å². The van der Waals surface area contributed by atoms with Gasteiger partial charge in [0.05, 0.1) is 16.6 Å². The molecule has 1 aromatic heterocycles.